The molecule has 1 aromatic carbocycles. The molecule has 0 saturated carbocycles. The fourth-order valence-electron chi connectivity index (χ4n) is 3.36. The van der Waals surface area contributed by atoms with Crippen LogP contribution in [0.25, 0.3) is 22.4 Å². The maximum Gasteiger partial charge on any atom is 0.417 e. The number of nitrogens with one attached hydrogen (secondary N) is 1. The Balaban J connectivity index is 1.81. The van der Waals surface area contributed by atoms with E-state index in [4.69, 9.17) is 4.74 Å². The zero-order chi connectivity index (χ0) is 24.5. The average molecular weight is 485 g/mol. The van der Waals surface area contributed by atoms with Crippen LogP contribution in [-0.4, -0.2) is 20.6 Å². The molecule has 0 aliphatic heterocycles. The molecule has 4 aromatic rings. The summed E-state index contributed by atoms with van der Waals surface area (Å²) in [5.41, 5.74) is 0.224. The molecule has 0 atom stereocenters. The second kappa shape index (κ2) is 9.06. The van der Waals surface area contributed by atoms with Crippen LogP contribution in [0.3, 0.4) is 0 Å². The minimum absolute atomic E-state index is 0.0130. The molecular formula is C25H23F3N4OS. The van der Waals surface area contributed by atoms with Gasteiger partial charge in [0.2, 0.25) is 5.88 Å². The SMILES string of the molecule is Cc1nc(Nc2cc(-c3cc(OC(C)(C)C)nc(-c4ccccc4C(F)(F)F)c3)ccn2)cs1. The first-order valence-corrected chi connectivity index (χ1v) is 11.4. The number of nitrogens with zero attached hydrogens (tertiary/aromatic N) is 3. The van der Waals surface area contributed by atoms with Crippen LogP contribution >= 0.6 is 11.3 Å². The van der Waals surface area contributed by atoms with E-state index >= 15 is 0 Å². The van der Waals surface area contributed by atoms with Crippen LogP contribution in [0.4, 0.5) is 24.8 Å². The van der Waals surface area contributed by atoms with Crippen molar-refractivity contribution in [2.24, 2.45) is 0 Å². The monoisotopic (exact) mass is 484 g/mol. The Morgan fingerprint density at radius 1 is 0.912 bits per heavy atom. The van der Waals surface area contributed by atoms with Crippen molar-refractivity contribution in [3.05, 3.63) is 70.7 Å². The summed E-state index contributed by atoms with van der Waals surface area (Å²) >= 11 is 1.52. The van der Waals surface area contributed by atoms with E-state index in [0.29, 0.717) is 17.2 Å². The lowest BCUT2D eigenvalue weighted by Crippen LogP contribution is -2.23. The first kappa shape index (κ1) is 23.7. The van der Waals surface area contributed by atoms with E-state index in [1.165, 1.54) is 23.5 Å². The second-order valence-electron chi connectivity index (χ2n) is 8.64. The summed E-state index contributed by atoms with van der Waals surface area (Å²) in [4.78, 5) is 13.1. The summed E-state index contributed by atoms with van der Waals surface area (Å²) in [5.74, 6) is 1.48. The molecule has 0 fully saturated rings. The summed E-state index contributed by atoms with van der Waals surface area (Å²) in [6, 6.07) is 12.3. The molecule has 5 nitrogen and oxygen atoms in total. The molecular weight excluding hydrogens is 461 g/mol. The van der Waals surface area contributed by atoms with Gasteiger partial charge in [-0.15, -0.1) is 11.3 Å². The third-order valence-corrected chi connectivity index (χ3v) is 5.46. The van der Waals surface area contributed by atoms with Crippen molar-refractivity contribution in [1.82, 2.24) is 15.0 Å². The standard InChI is InChI=1S/C25H23F3N4OS/c1-15-30-22(14-34-15)32-21-12-16(9-10-29-21)17-11-20(31-23(13-17)33-24(2,3)4)18-7-5-6-8-19(18)25(26,27)28/h5-14H,1-4H3,(H,29,32). The Morgan fingerprint density at radius 3 is 2.35 bits per heavy atom. The molecule has 0 saturated heterocycles. The van der Waals surface area contributed by atoms with Gasteiger partial charge in [-0.05, 0) is 63.1 Å². The fraction of sp³-hybridized carbons (Fsp3) is 0.240. The van der Waals surface area contributed by atoms with E-state index in [0.717, 1.165) is 16.6 Å². The molecule has 176 valence electrons. The van der Waals surface area contributed by atoms with Crippen LogP contribution in [-0.2, 0) is 6.18 Å². The summed E-state index contributed by atoms with van der Waals surface area (Å²) in [6.45, 7) is 7.48. The predicted molar refractivity (Wildman–Crippen MR) is 128 cm³/mol. The number of benzene rings is 1. The van der Waals surface area contributed by atoms with Crippen molar-refractivity contribution in [3.8, 4) is 28.3 Å². The van der Waals surface area contributed by atoms with Crippen LogP contribution in [0.2, 0.25) is 0 Å². The van der Waals surface area contributed by atoms with E-state index in [-0.39, 0.29) is 17.1 Å². The number of pyridine rings is 2. The lowest BCUT2D eigenvalue weighted by Gasteiger charge is -2.22. The van der Waals surface area contributed by atoms with E-state index in [1.54, 1.807) is 30.5 Å². The molecule has 0 aliphatic carbocycles. The van der Waals surface area contributed by atoms with Crippen LogP contribution in [0.1, 0.15) is 31.3 Å². The number of halogens is 3. The van der Waals surface area contributed by atoms with Crippen molar-refractivity contribution in [3.63, 3.8) is 0 Å². The molecule has 0 spiro atoms. The van der Waals surface area contributed by atoms with E-state index in [9.17, 15) is 13.2 Å². The van der Waals surface area contributed by atoms with Crippen molar-refractivity contribution >= 4 is 23.0 Å². The van der Waals surface area contributed by atoms with Crippen molar-refractivity contribution in [2.45, 2.75) is 39.5 Å². The molecule has 3 heterocycles. The number of hydrogen-bond donors (Lipinski definition) is 1. The number of anilines is 2. The first-order valence-electron chi connectivity index (χ1n) is 10.5. The molecule has 4 rings (SSSR count). The lowest BCUT2D eigenvalue weighted by molar-refractivity contribution is -0.137. The summed E-state index contributed by atoms with van der Waals surface area (Å²) < 4.78 is 47.1. The Kier molecular flexibility index (Phi) is 6.31. The summed E-state index contributed by atoms with van der Waals surface area (Å²) in [7, 11) is 0. The van der Waals surface area contributed by atoms with Crippen molar-refractivity contribution in [2.75, 3.05) is 5.32 Å². The highest BCUT2D eigenvalue weighted by molar-refractivity contribution is 7.09. The summed E-state index contributed by atoms with van der Waals surface area (Å²) in [5, 5.41) is 5.96. The minimum Gasteiger partial charge on any atom is -0.472 e. The van der Waals surface area contributed by atoms with Gasteiger partial charge in [-0.2, -0.15) is 13.2 Å². The van der Waals surface area contributed by atoms with Gasteiger partial charge in [0.25, 0.3) is 0 Å². The fourth-order valence-corrected chi connectivity index (χ4v) is 3.90. The number of alkyl halides is 3. The molecule has 0 unspecified atom stereocenters. The molecule has 0 bridgehead atoms. The van der Waals surface area contributed by atoms with E-state index < -0.39 is 17.3 Å². The number of rotatable bonds is 5. The zero-order valence-corrected chi connectivity index (χ0v) is 19.9. The number of aryl methyl sites for hydroxylation is 1. The average Bonchev–Trinajstić information content (AvgIpc) is 3.16. The Morgan fingerprint density at radius 2 is 1.68 bits per heavy atom. The minimum atomic E-state index is -4.52. The molecule has 0 aliphatic rings. The van der Waals surface area contributed by atoms with Gasteiger partial charge in [0.1, 0.15) is 17.2 Å². The molecule has 0 amide bonds. The highest BCUT2D eigenvalue weighted by Gasteiger charge is 2.34. The Bertz CT molecular complexity index is 1310. The topological polar surface area (TPSA) is 59.9 Å². The van der Waals surface area contributed by atoms with Gasteiger partial charge in [-0.3, -0.25) is 0 Å². The van der Waals surface area contributed by atoms with E-state index in [1.807, 2.05) is 39.1 Å². The molecule has 1 N–H and O–H groups in total. The number of ether oxygens (including phenoxy) is 1. The molecule has 3 aromatic heterocycles. The van der Waals surface area contributed by atoms with Gasteiger partial charge >= 0.3 is 6.18 Å². The van der Waals surface area contributed by atoms with Crippen LogP contribution in [0.15, 0.2) is 60.1 Å². The van der Waals surface area contributed by atoms with Crippen molar-refractivity contribution in [1.29, 1.82) is 0 Å². The zero-order valence-electron chi connectivity index (χ0n) is 19.1. The maximum absolute atomic E-state index is 13.7. The van der Waals surface area contributed by atoms with Gasteiger partial charge in [-0.25, -0.2) is 15.0 Å². The molecule has 34 heavy (non-hydrogen) atoms. The third kappa shape index (κ3) is 5.72. The van der Waals surface area contributed by atoms with Crippen LogP contribution < -0.4 is 10.1 Å². The predicted octanol–water partition coefficient (Wildman–Crippen LogP) is 7.52. The van der Waals surface area contributed by atoms with Gasteiger partial charge in [0.15, 0.2) is 0 Å². The van der Waals surface area contributed by atoms with E-state index in [2.05, 4.69) is 20.3 Å². The second-order valence-corrected chi connectivity index (χ2v) is 9.71. The highest BCUT2D eigenvalue weighted by Crippen LogP contribution is 2.38. The van der Waals surface area contributed by atoms with Gasteiger partial charge < -0.3 is 10.1 Å². The largest absolute Gasteiger partial charge is 0.472 e. The normalized spacial score (nSPS) is 12.0. The smallest absolute Gasteiger partial charge is 0.417 e. The maximum atomic E-state index is 13.7. The quantitative estimate of drug-likeness (QED) is 0.318. The number of aromatic nitrogens is 3. The number of hydrogen-bond acceptors (Lipinski definition) is 6. The van der Waals surface area contributed by atoms with Crippen LogP contribution in [0, 0.1) is 6.92 Å². The third-order valence-electron chi connectivity index (χ3n) is 4.69. The Hall–Kier alpha value is -3.46. The molecule has 0 radical (unpaired) electrons. The lowest BCUT2D eigenvalue weighted by atomic mass is 10.00. The summed E-state index contributed by atoms with van der Waals surface area (Å²) in [6.07, 6.45) is -2.89. The van der Waals surface area contributed by atoms with Gasteiger partial charge in [-0.1, -0.05) is 18.2 Å². The van der Waals surface area contributed by atoms with Gasteiger partial charge in [0, 0.05) is 23.2 Å². The number of thiazole rings is 1. The Labute approximate surface area is 199 Å². The highest BCUT2D eigenvalue weighted by atomic mass is 32.1. The first-order chi connectivity index (χ1) is 16.0. The van der Waals surface area contributed by atoms with Crippen LogP contribution in [0.5, 0.6) is 5.88 Å². The van der Waals surface area contributed by atoms with Crippen molar-refractivity contribution < 1.29 is 17.9 Å². The van der Waals surface area contributed by atoms with Gasteiger partial charge in [0.05, 0.1) is 16.3 Å². The molecule has 9 heteroatoms.